The summed E-state index contributed by atoms with van der Waals surface area (Å²) in [5.41, 5.74) is 0.209. The lowest BCUT2D eigenvalue weighted by Crippen LogP contribution is -2.46. The largest absolute Gasteiger partial charge is 0.376 e. The van der Waals surface area contributed by atoms with E-state index >= 15 is 0 Å². The molecule has 2 rings (SSSR count). The van der Waals surface area contributed by atoms with Crippen molar-refractivity contribution in [2.75, 3.05) is 18.9 Å². The first kappa shape index (κ1) is 11.3. The maximum atomic E-state index is 5.55. The standard InChI is InChI=1S/C11H20N2OS/c1-11(2)5-7-15-10(13-11)12-8-9-4-3-6-14-9/h9H,3-8H2,1-2H3,(H,12,13). The van der Waals surface area contributed by atoms with Crippen LogP contribution in [0.15, 0.2) is 4.99 Å². The van der Waals surface area contributed by atoms with E-state index in [9.17, 15) is 0 Å². The molecule has 2 aliphatic rings. The molecule has 0 amide bonds. The second-order valence-corrected chi connectivity index (χ2v) is 5.97. The summed E-state index contributed by atoms with van der Waals surface area (Å²) in [5, 5.41) is 4.57. The summed E-state index contributed by atoms with van der Waals surface area (Å²) in [5.74, 6) is 1.17. The maximum absolute atomic E-state index is 5.55. The summed E-state index contributed by atoms with van der Waals surface area (Å²) in [7, 11) is 0. The Morgan fingerprint density at radius 1 is 1.60 bits per heavy atom. The molecule has 1 unspecified atom stereocenters. The van der Waals surface area contributed by atoms with Gasteiger partial charge in [-0.3, -0.25) is 4.99 Å². The van der Waals surface area contributed by atoms with Crippen LogP contribution in [0, 0.1) is 0 Å². The van der Waals surface area contributed by atoms with Crippen LogP contribution in [-0.2, 0) is 4.74 Å². The first-order chi connectivity index (χ1) is 7.16. The second kappa shape index (κ2) is 4.74. The van der Waals surface area contributed by atoms with Crippen molar-refractivity contribution in [3.05, 3.63) is 0 Å². The minimum absolute atomic E-state index is 0.209. The molecule has 2 heterocycles. The molecule has 4 heteroatoms. The third kappa shape index (κ3) is 3.38. The Morgan fingerprint density at radius 2 is 2.47 bits per heavy atom. The summed E-state index contributed by atoms with van der Waals surface area (Å²) in [6, 6.07) is 0. The van der Waals surface area contributed by atoms with Gasteiger partial charge in [-0.1, -0.05) is 11.8 Å². The summed E-state index contributed by atoms with van der Waals surface area (Å²) in [6.07, 6.45) is 3.94. The maximum Gasteiger partial charge on any atom is 0.157 e. The third-order valence-corrected chi connectivity index (χ3v) is 3.79. The Labute approximate surface area is 96.1 Å². The van der Waals surface area contributed by atoms with Crippen LogP contribution in [-0.4, -0.2) is 35.7 Å². The molecular weight excluding hydrogens is 208 g/mol. The minimum Gasteiger partial charge on any atom is -0.376 e. The molecule has 0 radical (unpaired) electrons. The van der Waals surface area contributed by atoms with E-state index in [1.54, 1.807) is 0 Å². The van der Waals surface area contributed by atoms with E-state index in [4.69, 9.17) is 4.74 Å². The average Bonchev–Trinajstić information content (AvgIpc) is 2.65. The number of hydrogen-bond acceptors (Lipinski definition) is 3. The number of amidine groups is 1. The quantitative estimate of drug-likeness (QED) is 0.785. The number of hydrogen-bond donors (Lipinski definition) is 1. The van der Waals surface area contributed by atoms with Gasteiger partial charge in [-0.2, -0.15) is 0 Å². The number of thioether (sulfide) groups is 1. The van der Waals surface area contributed by atoms with Gasteiger partial charge in [-0.15, -0.1) is 0 Å². The number of nitrogens with one attached hydrogen (secondary N) is 1. The summed E-state index contributed by atoms with van der Waals surface area (Å²) >= 11 is 1.83. The van der Waals surface area contributed by atoms with E-state index < -0.39 is 0 Å². The molecule has 0 aromatic rings. The van der Waals surface area contributed by atoms with Crippen LogP contribution >= 0.6 is 11.8 Å². The van der Waals surface area contributed by atoms with Gasteiger partial charge in [-0.05, 0) is 33.1 Å². The molecule has 0 bridgehead atoms. The van der Waals surface area contributed by atoms with Crippen LogP contribution in [0.1, 0.15) is 33.1 Å². The molecule has 0 aromatic carbocycles. The molecule has 2 saturated heterocycles. The molecule has 0 spiro atoms. The SMILES string of the molecule is CC1(C)CCSC(=NCC2CCCO2)N1. The number of rotatable bonds is 2. The Morgan fingerprint density at radius 3 is 3.13 bits per heavy atom. The fraction of sp³-hybridized carbons (Fsp3) is 0.909. The van der Waals surface area contributed by atoms with Gasteiger partial charge in [0, 0.05) is 17.9 Å². The highest BCUT2D eigenvalue weighted by atomic mass is 32.2. The topological polar surface area (TPSA) is 33.6 Å². The molecule has 0 aliphatic carbocycles. The van der Waals surface area contributed by atoms with Crippen molar-refractivity contribution in [2.24, 2.45) is 4.99 Å². The highest BCUT2D eigenvalue weighted by molar-refractivity contribution is 8.13. The highest BCUT2D eigenvalue weighted by Crippen LogP contribution is 2.22. The molecule has 0 aromatic heterocycles. The van der Waals surface area contributed by atoms with Crippen LogP contribution in [0.3, 0.4) is 0 Å². The Balaban J connectivity index is 1.83. The lowest BCUT2D eigenvalue weighted by molar-refractivity contribution is 0.118. The monoisotopic (exact) mass is 228 g/mol. The van der Waals surface area contributed by atoms with Gasteiger partial charge in [0.1, 0.15) is 0 Å². The van der Waals surface area contributed by atoms with Gasteiger partial charge in [0.15, 0.2) is 5.17 Å². The van der Waals surface area contributed by atoms with Crippen LogP contribution in [0.2, 0.25) is 0 Å². The number of ether oxygens (including phenoxy) is 1. The molecule has 2 fully saturated rings. The molecule has 15 heavy (non-hydrogen) atoms. The van der Waals surface area contributed by atoms with E-state index in [0.717, 1.165) is 18.3 Å². The average molecular weight is 228 g/mol. The van der Waals surface area contributed by atoms with Crippen molar-refractivity contribution in [1.29, 1.82) is 0 Å². The van der Waals surface area contributed by atoms with Crippen molar-refractivity contribution in [2.45, 2.75) is 44.8 Å². The van der Waals surface area contributed by atoms with Gasteiger partial charge < -0.3 is 10.1 Å². The predicted molar refractivity (Wildman–Crippen MR) is 65.6 cm³/mol. The van der Waals surface area contributed by atoms with E-state index in [1.807, 2.05) is 11.8 Å². The number of aliphatic imine (C=N–C) groups is 1. The Kier molecular flexibility index (Phi) is 3.57. The fourth-order valence-corrected chi connectivity index (χ4v) is 3.17. The van der Waals surface area contributed by atoms with Crippen LogP contribution in [0.25, 0.3) is 0 Å². The van der Waals surface area contributed by atoms with E-state index in [-0.39, 0.29) is 5.54 Å². The summed E-state index contributed by atoms with van der Waals surface area (Å²) in [4.78, 5) is 4.60. The predicted octanol–water partition coefficient (Wildman–Crippen LogP) is 2.03. The van der Waals surface area contributed by atoms with Gasteiger partial charge in [0.05, 0.1) is 12.6 Å². The van der Waals surface area contributed by atoms with Gasteiger partial charge in [0.25, 0.3) is 0 Å². The van der Waals surface area contributed by atoms with E-state index in [0.29, 0.717) is 6.10 Å². The van der Waals surface area contributed by atoms with Crippen molar-refractivity contribution in [3.8, 4) is 0 Å². The zero-order chi connectivity index (χ0) is 10.7. The minimum atomic E-state index is 0.209. The molecule has 3 nitrogen and oxygen atoms in total. The Bertz CT molecular complexity index is 247. The number of nitrogens with zero attached hydrogens (tertiary/aromatic N) is 1. The molecule has 1 N–H and O–H groups in total. The molecule has 1 atom stereocenters. The first-order valence-electron chi connectivity index (χ1n) is 5.73. The zero-order valence-corrected chi connectivity index (χ0v) is 10.4. The first-order valence-corrected chi connectivity index (χ1v) is 6.71. The second-order valence-electron chi connectivity index (χ2n) is 4.89. The molecule has 2 aliphatic heterocycles. The molecule has 86 valence electrons. The highest BCUT2D eigenvalue weighted by Gasteiger charge is 2.24. The van der Waals surface area contributed by atoms with Crippen molar-refractivity contribution >= 4 is 16.9 Å². The Hall–Kier alpha value is -0.220. The van der Waals surface area contributed by atoms with Crippen LogP contribution in [0.5, 0.6) is 0 Å². The lowest BCUT2D eigenvalue weighted by Gasteiger charge is -2.32. The summed E-state index contributed by atoms with van der Waals surface area (Å²) in [6.45, 7) is 6.20. The van der Waals surface area contributed by atoms with Gasteiger partial charge >= 0.3 is 0 Å². The van der Waals surface area contributed by atoms with Gasteiger partial charge in [0.2, 0.25) is 0 Å². The normalized spacial score (nSPS) is 32.9. The van der Waals surface area contributed by atoms with Crippen molar-refractivity contribution in [3.63, 3.8) is 0 Å². The van der Waals surface area contributed by atoms with Crippen molar-refractivity contribution in [1.82, 2.24) is 5.32 Å². The van der Waals surface area contributed by atoms with E-state index in [2.05, 4.69) is 24.2 Å². The fourth-order valence-electron chi connectivity index (χ4n) is 1.85. The summed E-state index contributed by atoms with van der Waals surface area (Å²) < 4.78 is 5.55. The van der Waals surface area contributed by atoms with Crippen molar-refractivity contribution < 1.29 is 4.74 Å². The molecular formula is C11H20N2OS. The lowest BCUT2D eigenvalue weighted by atomic mass is 10.0. The molecule has 0 saturated carbocycles. The smallest absolute Gasteiger partial charge is 0.157 e. The van der Waals surface area contributed by atoms with Gasteiger partial charge in [-0.25, -0.2) is 0 Å². The van der Waals surface area contributed by atoms with Crippen LogP contribution < -0.4 is 5.32 Å². The van der Waals surface area contributed by atoms with E-state index in [1.165, 1.54) is 25.0 Å². The van der Waals surface area contributed by atoms with Crippen LogP contribution in [0.4, 0.5) is 0 Å². The third-order valence-electron chi connectivity index (χ3n) is 2.87. The zero-order valence-electron chi connectivity index (χ0n) is 9.58.